The number of hydrogen-bond donors (Lipinski definition) is 1. The van der Waals surface area contributed by atoms with Crippen molar-refractivity contribution < 1.29 is 9.53 Å². The number of hydrogen-bond acceptors (Lipinski definition) is 5. The van der Waals surface area contributed by atoms with Crippen LogP contribution in [-0.4, -0.2) is 59.0 Å². The van der Waals surface area contributed by atoms with Gasteiger partial charge in [0.1, 0.15) is 6.10 Å². The summed E-state index contributed by atoms with van der Waals surface area (Å²) < 4.78 is 6.03. The number of aromatic amines is 1. The molecule has 0 radical (unpaired) electrons. The third-order valence-corrected chi connectivity index (χ3v) is 4.58. The van der Waals surface area contributed by atoms with E-state index in [0.29, 0.717) is 30.4 Å². The summed E-state index contributed by atoms with van der Waals surface area (Å²) in [6, 6.07) is 7.70. The van der Waals surface area contributed by atoms with Gasteiger partial charge in [-0.2, -0.15) is 0 Å². The van der Waals surface area contributed by atoms with E-state index >= 15 is 0 Å². The van der Waals surface area contributed by atoms with Gasteiger partial charge in [-0.1, -0.05) is 0 Å². The van der Waals surface area contributed by atoms with E-state index in [4.69, 9.17) is 4.74 Å². The number of likely N-dealkylation sites (tertiary alicyclic amines) is 1. The maximum absolute atomic E-state index is 12.8. The quantitative estimate of drug-likeness (QED) is 0.781. The molecule has 1 fully saturated rings. The van der Waals surface area contributed by atoms with E-state index < -0.39 is 0 Å². The van der Waals surface area contributed by atoms with Crippen LogP contribution in [0.25, 0.3) is 10.9 Å². The van der Waals surface area contributed by atoms with Gasteiger partial charge in [-0.05, 0) is 24.3 Å². The predicted molar refractivity (Wildman–Crippen MR) is 99.6 cm³/mol. The van der Waals surface area contributed by atoms with Crippen molar-refractivity contribution >= 4 is 22.6 Å². The number of nitrogens with one attached hydrogen (secondary N) is 1. The first-order chi connectivity index (χ1) is 12.6. The second kappa shape index (κ2) is 6.67. The van der Waals surface area contributed by atoms with Crippen LogP contribution in [0.4, 0.5) is 5.82 Å². The standard InChI is InChI=1S/C19H21N5O2/c1-23(2)17-18(22-9-8-21-17)26-15-6-10-24(12-15)19(25)14-3-4-16-13(11-14)5-7-20-16/h3-5,7-9,11,15,20H,6,10,12H2,1-2H3. The monoisotopic (exact) mass is 351 g/mol. The number of carbonyl (C=O) groups excluding carboxylic acids is 1. The first kappa shape index (κ1) is 16.4. The lowest BCUT2D eigenvalue weighted by molar-refractivity contribution is 0.0771. The van der Waals surface area contributed by atoms with Gasteiger partial charge in [0.2, 0.25) is 0 Å². The van der Waals surface area contributed by atoms with E-state index in [1.165, 1.54) is 0 Å². The fourth-order valence-electron chi connectivity index (χ4n) is 3.24. The van der Waals surface area contributed by atoms with E-state index in [0.717, 1.165) is 17.3 Å². The molecule has 0 aliphatic carbocycles. The molecule has 134 valence electrons. The fourth-order valence-corrected chi connectivity index (χ4v) is 3.24. The molecule has 1 unspecified atom stereocenters. The minimum absolute atomic E-state index is 0.0335. The Kier molecular flexibility index (Phi) is 4.20. The molecule has 1 saturated heterocycles. The van der Waals surface area contributed by atoms with Gasteiger partial charge in [0.25, 0.3) is 11.8 Å². The molecule has 1 amide bonds. The summed E-state index contributed by atoms with van der Waals surface area (Å²) in [4.78, 5) is 28.2. The first-order valence-electron chi connectivity index (χ1n) is 8.63. The Morgan fingerprint density at radius 2 is 2.12 bits per heavy atom. The highest BCUT2D eigenvalue weighted by Gasteiger charge is 2.29. The van der Waals surface area contributed by atoms with Crippen molar-refractivity contribution in [2.45, 2.75) is 12.5 Å². The number of anilines is 1. The number of amides is 1. The zero-order chi connectivity index (χ0) is 18.1. The highest BCUT2D eigenvalue weighted by molar-refractivity contribution is 5.98. The largest absolute Gasteiger partial charge is 0.470 e. The van der Waals surface area contributed by atoms with E-state index in [1.54, 1.807) is 12.4 Å². The third kappa shape index (κ3) is 3.08. The zero-order valence-electron chi connectivity index (χ0n) is 14.8. The van der Waals surface area contributed by atoms with Gasteiger partial charge in [0, 0.05) is 62.1 Å². The molecule has 3 aromatic rings. The van der Waals surface area contributed by atoms with Crippen LogP contribution in [0.2, 0.25) is 0 Å². The molecule has 26 heavy (non-hydrogen) atoms. The number of H-pyrrole nitrogens is 1. The van der Waals surface area contributed by atoms with Crippen molar-refractivity contribution in [1.29, 1.82) is 0 Å². The lowest BCUT2D eigenvalue weighted by atomic mass is 10.1. The smallest absolute Gasteiger partial charge is 0.257 e. The van der Waals surface area contributed by atoms with Crippen LogP contribution in [0, 0.1) is 0 Å². The predicted octanol–water partition coefficient (Wildman–Crippen LogP) is 2.32. The number of aromatic nitrogens is 3. The molecule has 7 nitrogen and oxygen atoms in total. The molecule has 7 heteroatoms. The highest BCUT2D eigenvalue weighted by Crippen LogP contribution is 2.25. The Balaban J connectivity index is 1.46. The summed E-state index contributed by atoms with van der Waals surface area (Å²) in [6.07, 6.45) is 5.84. The van der Waals surface area contributed by atoms with Gasteiger partial charge < -0.3 is 19.5 Å². The van der Waals surface area contributed by atoms with E-state index in [2.05, 4.69) is 15.0 Å². The molecule has 0 bridgehead atoms. The van der Waals surface area contributed by atoms with Gasteiger partial charge in [-0.15, -0.1) is 0 Å². The number of ether oxygens (including phenoxy) is 1. The molecular formula is C19H21N5O2. The number of fused-ring (bicyclic) bond motifs is 1. The molecule has 1 aliphatic heterocycles. The molecule has 1 N–H and O–H groups in total. The van der Waals surface area contributed by atoms with Crippen LogP contribution < -0.4 is 9.64 Å². The van der Waals surface area contributed by atoms with Crippen LogP contribution >= 0.6 is 0 Å². The second-order valence-electron chi connectivity index (χ2n) is 6.64. The Labute approximate surface area is 151 Å². The van der Waals surface area contributed by atoms with Crippen LogP contribution in [0.15, 0.2) is 42.9 Å². The van der Waals surface area contributed by atoms with Gasteiger partial charge in [0.05, 0.1) is 6.54 Å². The molecule has 0 spiro atoms. The molecule has 0 saturated carbocycles. The lowest BCUT2D eigenvalue weighted by Gasteiger charge is -2.19. The van der Waals surface area contributed by atoms with Crippen LogP contribution in [0.3, 0.4) is 0 Å². The van der Waals surface area contributed by atoms with Crippen LogP contribution in [-0.2, 0) is 0 Å². The average molecular weight is 351 g/mol. The maximum Gasteiger partial charge on any atom is 0.257 e. The van der Waals surface area contributed by atoms with Crippen molar-refractivity contribution in [1.82, 2.24) is 19.9 Å². The Morgan fingerprint density at radius 1 is 1.27 bits per heavy atom. The fraction of sp³-hybridized carbons (Fsp3) is 0.316. The zero-order valence-corrected chi connectivity index (χ0v) is 14.8. The first-order valence-corrected chi connectivity index (χ1v) is 8.63. The molecule has 1 atom stereocenters. The minimum atomic E-state index is -0.0784. The Hall–Kier alpha value is -3.09. The topological polar surface area (TPSA) is 74.3 Å². The molecule has 2 aromatic heterocycles. The summed E-state index contributed by atoms with van der Waals surface area (Å²) in [5.74, 6) is 1.23. The van der Waals surface area contributed by atoms with Crippen LogP contribution in [0.1, 0.15) is 16.8 Å². The van der Waals surface area contributed by atoms with Crippen molar-refractivity contribution in [3.05, 3.63) is 48.4 Å². The second-order valence-corrected chi connectivity index (χ2v) is 6.64. The van der Waals surface area contributed by atoms with Gasteiger partial charge in [0.15, 0.2) is 5.82 Å². The van der Waals surface area contributed by atoms with E-state index in [1.807, 2.05) is 54.4 Å². The number of carbonyl (C=O) groups is 1. The van der Waals surface area contributed by atoms with Crippen molar-refractivity contribution in [2.75, 3.05) is 32.1 Å². The SMILES string of the molecule is CN(C)c1nccnc1OC1CCN(C(=O)c2ccc3[nH]ccc3c2)C1. The number of nitrogens with zero attached hydrogens (tertiary/aromatic N) is 4. The summed E-state index contributed by atoms with van der Waals surface area (Å²) in [6.45, 7) is 1.22. The summed E-state index contributed by atoms with van der Waals surface area (Å²) in [5.41, 5.74) is 1.73. The molecule has 3 heterocycles. The van der Waals surface area contributed by atoms with Crippen molar-refractivity contribution in [3.8, 4) is 5.88 Å². The Morgan fingerprint density at radius 3 is 2.96 bits per heavy atom. The van der Waals surface area contributed by atoms with E-state index in [-0.39, 0.29) is 12.0 Å². The normalized spacial score (nSPS) is 16.8. The number of rotatable bonds is 4. The Bertz CT molecular complexity index is 936. The van der Waals surface area contributed by atoms with Gasteiger partial charge >= 0.3 is 0 Å². The minimum Gasteiger partial charge on any atom is -0.470 e. The van der Waals surface area contributed by atoms with Crippen molar-refractivity contribution in [2.24, 2.45) is 0 Å². The lowest BCUT2D eigenvalue weighted by Crippen LogP contribution is -2.31. The van der Waals surface area contributed by atoms with Gasteiger partial charge in [-0.3, -0.25) is 4.79 Å². The van der Waals surface area contributed by atoms with E-state index in [9.17, 15) is 4.79 Å². The summed E-state index contributed by atoms with van der Waals surface area (Å²) >= 11 is 0. The number of benzene rings is 1. The molecule has 4 rings (SSSR count). The maximum atomic E-state index is 12.8. The molecular weight excluding hydrogens is 330 g/mol. The van der Waals surface area contributed by atoms with Crippen molar-refractivity contribution in [3.63, 3.8) is 0 Å². The molecule has 1 aliphatic rings. The van der Waals surface area contributed by atoms with Gasteiger partial charge in [-0.25, -0.2) is 9.97 Å². The average Bonchev–Trinajstić information content (AvgIpc) is 3.30. The summed E-state index contributed by atoms with van der Waals surface area (Å²) in [7, 11) is 3.80. The highest BCUT2D eigenvalue weighted by atomic mass is 16.5. The van der Waals surface area contributed by atoms with Crippen LogP contribution in [0.5, 0.6) is 5.88 Å². The third-order valence-electron chi connectivity index (χ3n) is 4.58. The summed E-state index contributed by atoms with van der Waals surface area (Å²) in [5, 5.41) is 1.04. The molecule has 1 aromatic carbocycles.